The summed E-state index contributed by atoms with van der Waals surface area (Å²) in [6, 6.07) is 12.2. The van der Waals surface area contributed by atoms with Crippen LogP contribution < -0.4 is 4.74 Å². The Morgan fingerprint density at radius 1 is 0.824 bits per heavy atom. The number of aryl methyl sites for hydroxylation is 2. The first-order valence-electron chi connectivity index (χ1n) is 11.1. The molecule has 34 heavy (non-hydrogen) atoms. The van der Waals surface area contributed by atoms with Crippen LogP contribution >= 0.6 is 0 Å². The van der Waals surface area contributed by atoms with Gasteiger partial charge in [-0.25, -0.2) is 23.1 Å². The Kier molecular flexibility index (Phi) is 7.44. The minimum absolute atomic E-state index is 0.284. The maximum atomic E-state index is 14.6. The maximum absolute atomic E-state index is 14.6. The van der Waals surface area contributed by atoms with Crippen molar-refractivity contribution in [2.45, 2.75) is 32.6 Å². The van der Waals surface area contributed by atoms with Crippen LogP contribution in [0.3, 0.4) is 0 Å². The van der Waals surface area contributed by atoms with Gasteiger partial charge in [0.25, 0.3) is 0 Å². The predicted octanol–water partition coefficient (Wildman–Crippen LogP) is 6.41. The van der Waals surface area contributed by atoms with E-state index in [1.165, 1.54) is 24.3 Å². The Hall–Kier alpha value is -3.85. The molecule has 3 nitrogen and oxygen atoms in total. The largest absolute Gasteiger partial charge is 0.490 e. The van der Waals surface area contributed by atoms with Crippen LogP contribution in [-0.2, 0) is 12.8 Å². The first-order chi connectivity index (χ1) is 16.5. The summed E-state index contributed by atoms with van der Waals surface area (Å²) in [7, 11) is 0. The average molecular weight is 460 g/mol. The zero-order chi connectivity index (χ0) is 23.9. The summed E-state index contributed by atoms with van der Waals surface area (Å²) >= 11 is 0. The average Bonchev–Trinajstić information content (AvgIpc) is 2.83. The molecule has 0 spiro atoms. The number of unbranched alkanes of at least 4 members (excludes halogenated alkanes) is 1. The molecule has 4 aromatic rings. The molecule has 3 aromatic carbocycles. The van der Waals surface area contributed by atoms with Crippen molar-refractivity contribution in [3.05, 3.63) is 101 Å². The van der Waals surface area contributed by atoms with E-state index in [-0.39, 0.29) is 11.4 Å². The number of hydrogen-bond donors (Lipinski definition) is 0. The highest BCUT2D eigenvalue weighted by Crippen LogP contribution is 2.19. The van der Waals surface area contributed by atoms with Crippen molar-refractivity contribution in [1.82, 2.24) is 9.97 Å². The standard InChI is InChI=1S/C28H23F3N2O/c1-2-3-12-34-24-17-32-28(33-18-24)11-6-20-14-26(30)25(27(31)15-20)10-5-19-4-7-22-16-23(29)9-8-21(22)13-19/h4,7-9,13-18H,2-3,6,11-12H2,1H3. The van der Waals surface area contributed by atoms with Crippen LogP contribution in [-0.4, -0.2) is 16.6 Å². The van der Waals surface area contributed by atoms with Gasteiger partial charge >= 0.3 is 0 Å². The van der Waals surface area contributed by atoms with Crippen LogP contribution in [0.2, 0.25) is 0 Å². The third-order valence-corrected chi connectivity index (χ3v) is 5.32. The highest BCUT2D eigenvalue weighted by molar-refractivity contribution is 5.84. The van der Waals surface area contributed by atoms with Gasteiger partial charge in [0.15, 0.2) is 5.75 Å². The van der Waals surface area contributed by atoms with E-state index in [2.05, 4.69) is 28.7 Å². The van der Waals surface area contributed by atoms with Gasteiger partial charge in [-0.1, -0.05) is 37.3 Å². The maximum Gasteiger partial charge on any atom is 0.155 e. The van der Waals surface area contributed by atoms with Crippen LogP contribution in [0.25, 0.3) is 10.8 Å². The molecule has 6 heteroatoms. The van der Waals surface area contributed by atoms with Gasteiger partial charge < -0.3 is 4.74 Å². The van der Waals surface area contributed by atoms with Crippen LogP contribution in [0.1, 0.15) is 42.3 Å². The molecule has 0 aliphatic carbocycles. The van der Waals surface area contributed by atoms with E-state index < -0.39 is 11.6 Å². The topological polar surface area (TPSA) is 35.0 Å². The van der Waals surface area contributed by atoms with Crippen molar-refractivity contribution in [2.75, 3.05) is 6.61 Å². The fourth-order valence-corrected chi connectivity index (χ4v) is 3.46. The Labute approximate surface area is 196 Å². The first-order valence-corrected chi connectivity index (χ1v) is 11.1. The molecular formula is C28H23F3N2O. The van der Waals surface area contributed by atoms with Gasteiger partial charge in [-0.15, -0.1) is 0 Å². The molecule has 0 aliphatic rings. The molecule has 0 unspecified atom stereocenters. The number of benzene rings is 3. The Morgan fingerprint density at radius 2 is 1.53 bits per heavy atom. The van der Waals surface area contributed by atoms with Crippen molar-refractivity contribution < 1.29 is 17.9 Å². The van der Waals surface area contributed by atoms with Gasteiger partial charge in [-0.05, 0) is 65.6 Å². The molecule has 0 aliphatic heterocycles. The second-order valence-corrected chi connectivity index (χ2v) is 7.93. The number of aromatic nitrogens is 2. The molecule has 0 saturated carbocycles. The molecule has 0 atom stereocenters. The van der Waals surface area contributed by atoms with E-state index in [0.29, 0.717) is 42.1 Å². The Balaban J connectivity index is 1.43. The summed E-state index contributed by atoms with van der Waals surface area (Å²) < 4.78 is 48.1. The van der Waals surface area contributed by atoms with Gasteiger partial charge in [-0.2, -0.15) is 0 Å². The van der Waals surface area contributed by atoms with Gasteiger partial charge in [0.1, 0.15) is 23.3 Å². The first kappa shape index (κ1) is 23.3. The fourth-order valence-electron chi connectivity index (χ4n) is 3.46. The van der Waals surface area contributed by atoms with E-state index in [1.54, 1.807) is 36.7 Å². The molecule has 1 heterocycles. The molecule has 172 valence electrons. The summed E-state index contributed by atoms with van der Waals surface area (Å²) in [6.07, 6.45) is 6.06. The summed E-state index contributed by atoms with van der Waals surface area (Å²) in [5.41, 5.74) is 0.800. The monoisotopic (exact) mass is 460 g/mol. The summed E-state index contributed by atoms with van der Waals surface area (Å²) in [4.78, 5) is 8.52. The van der Waals surface area contributed by atoms with Gasteiger partial charge in [0, 0.05) is 12.0 Å². The van der Waals surface area contributed by atoms with Crippen LogP contribution in [0.4, 0.5) is 13.2 Å². The number of rotatable bonds is 7. The highest BCUT2D eigenvalue weighted by Gasteiger charge is 2.10. The lowest BCUT2D eigenvalue weighted by Crippen LogP contribution is -2.02. The van der Waals surface area contributed by atoms with E-state index in [1.807, 2.05) is 0 Å². The van der Waals surface area contributed by atoms with Gasteiger partial charge in [0.05, 0.1) is 24.6 Å². The van der Waals surface area contributed by atoms with Crippen molar-refractivity contribution in [3.63, 3.8) is 0 Å². The van der Waals surface area contributed by atoms with Crippen molar-refractivity contribution in [3.8, 4) is 17.6 Å². The molecule has 0 N–H and O–H groups in total. The lowest BCUT2D eigenvalue weighted by Gasteiger charge is -2.06. The van der Waals surface area contributed by atoms with Gasteiger partial charge in [-0.3, -0.25) is 0 Å². The van der Waals surface area contributed by atoms with Crippen molar-refractivity contribution >= 4 is 10.8 Å². The SMILES string of the molecule is CCCCOc1cnc(CCc2cc(F)c(C#Cc3ccc4cc(F)ccc4c3)c(F)c2)nc1. The van der Waals surface area contributed by atoms with E-state index in [4.69, 9.17) is 4.74 Å². The highest BCUT2D eigenvalue weighted by atomic mass is 19.1. The normalized spacial score (nSPS) is 10.7. The lowest BCUT2D eigenvalue weighted by atomic mass is 10.0. The van der Waals surface area contributed by atoms with Crippen LogP contribution in [0.15, 0.2) is 60.9 Å². The number of nitrogens with zero attached hydrogens (tertiary/aromatic N) is 2. The second-order valence-electron chi connectivity index (χ2n) is 7.93. The summed E-state index contributed by atoms with van der Waals surface area (Å²) in [5, 5.41) is 1.53. The number of hydrogen-bond acceptors (Lipinski definition) is 3. The third kappa shape index (κ3) is 5.93. The minimum Gasteiger partial charge on any atom is -0.490 e. The molecule has 0 fully saturated rings. The van der Waals surface area contributed by atoms with E-state index in [0.717, 1.165) is 23.6 Å². The Morgan fingerprint density at radius 3 is 2.26 bits per heavy atom. The zero-order valence-corrected chi connectivity index (χ0v) is 18.7. The summed E-state index contributed by atoms with van der Waals surface area (Å²) in [6.45, 7) is 2.70. The van der Waals surface area contributed by atoms with E-state index >= 15 is 0 Å². The minimum atomic E-state index is -0.717. The second kappa shape index (κ2) is 10.8. The molecule has 1 aromatic heterocycles. The van der Waals surface area contributed by atoms with Gasteiger partial charge in [0.2, 0.25) is 0 Å². The quantitative estimate of drug-likeness (QED) is 0.236. The molecule has 0 amide bonds. The molecule has 4 rings (SSSR count). The van der Waals surface area contributed by atoms with Crippen LogP contribution in [0, 0.1) is 29.3 Å². The third-order valence-electron chi connectivity index (χ3n) is 5.32. The fraction of sp³-hybridized carbons (Fsp3) is 0.214. The zero-order valence-electron chi connectivity index (χ0n) is 18.7. The molecular weight excluding hydrogens is 437 g/mol. The molecule has 0 saturated heterocycles. The Bertz CT molecular complexity index is 1330. The van der Waals surface area contributed by atoms with Crippen molar-refractivity contribution in [2.24, 2.45) is 0 Å². The van der Waals surface area contributed by atoms with E-state index in [9.17, 15) is 13.2 Å². The smallest absolute Gasteiger partial charge is 0.155 e. The molecule has 0 bridgehead atoms. The number of ether oxygens (including phenoxy) is 1. The van der Waals surface area contributed by atoms with Crippen molar-refractivity contribution in [1.29, 1.82) is 0 Å². The molecule has 0 radical (unpaired) electrons. The summed E-state index contributed by atoms with van der Waals surface area (Å²) in [5.74, 6) is 4.81. The number of halogens is 3. The lowest BCUT2D eigenvalue weighted by molar-refractivity contribution is 0.306. The van der Waals surface area contributed by atoms with Crippen LogP contribution in [0.5, 0.6) is 5.75 Å². The predicted molar refractivity (Wildman–Crippen MR) is 126 cm³/mol. The number of fused-ring (bicyclic) bond motifs is 1.